The van der Waals surface area contributed by atoms with E-state index in [2.05, 4.69) is 16.1 Å². The standard InChI is InChI=1S/C9H19N3O2S/c1-3-9(5-6-10)11-7-4-8-12-15(2,13)14/h9,11-12H,3-5,7-8H2,1-2H3. The lowest BCUT2D eigenvalue weighted by atomic mass is 10.1. The average Bonchev–Trinajstić information content (AvgIpc) is 2.14. The van der Waals surface area contributed by atoms with Crippen molar-refractivity contribution < 1.29 is 8.42 Å². The minimum Gasteiger partial charge on any atom is -0.313 e. The van der Waals surface area contributed by atoms with Gasteiger partial charge in [0, 0.05) is 12.6 Å². The Labute approximate surface area is 91.9 Å². The summed E-state index contributed by atoms with van der Waals surface area (Å²) < 4.78 is 23.8. The van der Waals surface area contributed by atoms with Crippen LogP contribution in [-0.4, -0.2) is 33.8 Å². The molecule has 0 aliphatic heterocycles. The molecular formula is C9H19N3O2S. The van der Waals surface area contributed by atoms with Crippen molar-refractivity contribution in [2.24, 2.45) is 0 Å². The Morgan fingerprint density at radius 1 is 1.40 bits per heavy atom. The molecule has 0 saturated carbocycles. The predicted octanol–water partition coefficient (Wildman–Crippen LogP) is 0.208. The summed E-state index contributed by atoms with van der Waals surface area (Å²) in [5.41, 5.74) is 0. The van der Waals surface area contributed by atoms with Crippen LogP contribution in [0.25, 0.3) is 0 Å². The normalized spacial score (nSPS) is 13.4. The molecule has 0 saturated heterocycles. The van der Waals surface area contributed by atoms with Gasteiger partial charge in [-0.25, -0.2) is 13.1 Å². The fourth-order valence-electron chi connectivity index (χ4n) is 1.12. The first-order valence-electron chi connectivity index (χ1n) is 5.04. The quantitative estimate of drug-likeness (QED) is 0.587. The summed E-state index contributed by atoms with van der Waals surface area (Å²) in [6.07, 6.45) is 3.28. The Kier molecular flexibility index (Phi) is 7.30. The van der Waals surface area contributed by atoms with Crippen molar-refractivity contribution in [2.45, 2.75) is 32.2 Å². The number of nitriles is 1. The van der Waals surface area contributed by atoms with Gasteiger partial charge in [-0.15, -0.1) is 0 Å². The number of sulfonamides is 1. The molecule has 0 aromatic carbocycles. The molecule has 1 atom stereocenters. The van der Waals surface area contributed by atoms with Crippen LogP contribution in [0.15, 0.2) is 0 Å². The van der Waals surface area contributed by atoms with Gasteiger partial charge in [0.1, 0.15) is 0 Å². The molecule has 0 aromatic heterocycles. The molecule has 2 N–H and O–H groups in total. The third kappa shape index (κ3) is 9.66. The van der Waals surface area contributed by atoms with Gasteiger partial charge in [0.15, 0.2) is 0 Å². The second-order valence-electron chi connectivity index (χ2n) is 3.44. The van der Waals surface area contributed by atoms with Crippen molar-refractivity contribution in [3.63, 3.8) is 0 Å². The second kappa shape index (κ2) is 7.63. The van der Waals surface area contributed by atoms with E-state index >= 15 is 0 Å². The van der Waals surface area contributed by atoms with Gasteiger partial charge in [-0.3, -0.25) is 0 Å². The fraction of sp³-hybridized carbons (Fsp3) is 0.889. The summed E-state index contributed by atoms with van der Waals surface area (Å²) in [7, 11) is -3.07. The first-order valence-corrected chi connectivity index (χ1v) is 6.93. The maximum Gasteiger partial charge on any atom is 0.208 e. The zero-order valence-electron chi connectivity index (χ0n) is 9.28. The van der Waals surface area contributed by atoms with Crippen LogP contribution in [0.1, 0.15) is 26.2 Å². The van der Waals surface area contributed by atoms with Crippen LogP contribution in [0, 0.1) is 11.3 Å². The Morgan fingerprint density at radius 2 is 2.07 bits per heavy atom. The molecule has 1 unspecified atom stereocenters. The van der Waals surface area contributed by atoms with Crippen molar-refractivity contribution in [2.75, 3.05) is 19.3 Å². The summed E-state index contributed by atoms with van der Waals surface area (Å²) in [5.74, 6) is 0. The number of nitrogens with zero attached hydrogens (tertiary/aromatic N) is 1. The molecule has 0 spiro atoms. The maximum absolute atomic E-state index is 10.7. The average molecular weight is 233 g/mol. The Morgan fingerprint density at radius 3 is 2.53 bits per heavy atom. The highest BCUT2D eigenvalue weighted by molar-refractivity contribution is 7.88. The molecule has 0 heterocycles. The molecule has 0 aliphatic rings. The van der Waals surface area contributed by atoms with E-state index in [0.29, 0.717) is 13.0 Å². The van der Waals surface area contributed by atoms with E-state index in [1.54, 1.807) is 0 Å². The Hall–Kier alpha value is -0.640. The van der Waals surface area contributed by atoms with Crippen LogP contribution in [0.3, 0.4) is 0 Å². The molecule has 15 heavy (non-hydrogen) atoms. The van der Waals surface area contributed by atoms with Gasteiger partial charge in [-0.2, -0.15) is 5.26 Å². The van der Waals surface area contributed by atoms with Crippen LogP contribution in [-0.2, 0) is 10.0 Å². The lowest BCUT2D eigenvalue weighted by molar-refractivity contribution is 0.496. The van der Waals surface area contributed by atoms with Gasteiger partial charge in [0.05, 0.1) is 18.7 Å². The van der Waals surface area contributed by atoms with Crippen molar-refractivity contribution in [3.8, 4) is 6.07 Å². The fourth-order valence-corrected chi connectivity index (χ4v) is 1.64. The summed E-state index contributed by atoms with van der Waals surface area (Å²) in [6, 6.07) is 2.33. The van der Waals surface area contributed by atoms with Crippen LogP contribution in [0.4, 0.5) is 0 Å². The van der Waals surface area contributed by atoms with Crippen molar-refractivity contribution >= 4 is 10.0 Å². The molecule has 0 bridgehead atoms. The Bertz CT molecular complexity index is 295. The number of rotatable bonds is 8. The molecular weight excluding hydrogens is 214 g/mol. The number of hydrogen-bond donors (Lipinski definition) is 2. The maximum atomic E-state index is 10.7. The van der Waals surface area contributed by atoms with Crippen LogP contribution >= 0.6 is 0 Å². The monoisotopic (exact) mass is 233 g/mol. The van der Waals surface area contributed by atoms with E-state index in [9.17, 15) is 8.42 Å². The van der Waals surface area contributed by atoms with E-state index < -0.39 is 10.0 Å². The summed E-state index contributed by atoms with van der Waals surface area (Å²) in [4.78, 5) is 0. The second-order valence-corrected chi connectivity index (χ2v) is 5.27. The zero-order valence-corrected chi connectivity index (χ0v) is 10.1. The molecule has 0 radical (unpaired) electrons. The van der Waals surface area contributed by atoms with Crippen molar-refractivity contribution in [3.05, 3.63) is 0 Å². The first kappa shape index (κ1) is 14.4. The van der Waals surface area contributed by atoms with Gasteiger partial charge in [0.2, 0.25) is 10.0 Å². The van der Waals surface area contributed by atoms with Crippen molar-refractivity contribution in [1.29, 1.82) is 5.26 Å². The number of nitrogens with one attached hydrogen (secondary N) is 2. The molecule has 5 nitrogen and oxygen atoms in total. The molecule has 88 valence electrons. The summed E-state index contributed by atoms with van der Waals surface area (Å²) in [6.45, 7) is 3.18. The van der Waals surface area contributed by atoms with E-state index in [4.69, 9.17) is 5.26 Å². The largest absolute Gasteiger partial charge is 0.313 e. The third-order valence-electron chi connectivity index (χ3n) is 1.98. The van der Waals surface area contributed by atoms with Crippen molar-refractivity contribution in [1.82, 2.24) is 10.0 Å². The molecule has 0 fully saturated rings. The molecule has 0 rings (SSSR count). The Balaban J connectivity index is 3.50. The molecule has 0 aromatic rings. The van der Waals surface area contributed by atoms with E-state index in [1.165, 1.54) is 0 Å². The lowest BCUT2D eigenvalue weighted by Gasteiger charge is -2.12. The van der Waals surface area contributed by atoms with Gasteiger partial charge >= 0.3 is 0 Å². The predicted molar refractivity (Wildman–Crippen MR) is 59.8 cm³/mol. The highest BCUT2D eigenvalue weighted by Gasteiger charge is 2.04. The zero-order chi connectivity index (χ0) is 11.7. The van der Waals surface area contributed by atoms with Crippen LogP contribution < -0.4 is 10.0 Å². The lowest BCUT2D eigenvalue weighted by Crippen LogP contribution is -2.31. The SMILES string of the molecule is CCC(CC#N)NCCCNS(C)(=O)=O. The van der Waals surface area contributed by atoms with E-state index in [-0.39, 0.29) is 6.04 Å². The third-order valence-corrected chi connectivity index (χ3v) is 2.71. The van der Waals surface area contributed by atoms with E-state index in [0.717, 1.165) is 25.6 Å². The first-order chi connectivity index (χ1) is 6.99. The highest BCUT2D eigenvalue weighted by atomic mass is 32.2. The van der Waals surface area contributed by atoms with Crippen LogP contribution in [0.2, 0.25) is 0 Å². The highest BCUT2D eigenvalue weighted by Crippen LogP contribution is 1.95. The smallest absolute Gasteiger partial charge is 0.208 e. The minimum absolute atomic E-state index is 0.216. The van der Waals surface area contributed by atoms with Gasteiger partial charge < -0.3 is 5.32 Å². The number of hydrogen-bond acceptors (Lipinski definition) is 4. The minimum atomic E-state index is -3.07. The van der Waals surface area contributed by atoms with Gasteiger partial charge in [0.25, 0.3) is 0 Å². The van der Waals surface area contributed by atoms with Gasteiger partial charge in [-0.05, 0) is 19.4 Å². The molecule has 0 amide bonds. The van der Waals surface area contributed by atoms with Gasteiger partial charge in [-0.1, -0.05) is 6.92 Å². The molecule has 0 aliphatic carbocycles. The van der Waals surface area contributed by atoms with Crippen LogP contribution in [0.5, 0.6) is 0 Å². The topological polar surface area (TPSA) is 82.0 Å². The molecule has 6 heteroatoms. The summed E-state index contributed by atoms with van der Waals surface area (Å²) in [5, 5.41) is 11.7. The summed E-state index contributed by atoms with van der Waals surface area (Å²) >= 11 is 0. The van der Waals surface area contributed by atoms with E-state index in [1.807, 2.05) is 6.92 Å².